The lowest BCUT2D eigenvalue weighted by Crippen LogP contribution is -2.43. The van der Waals surface area contributed by atoms with Gasteiger partial charge in [0.2, 0.25) is 5.91 Å². The predicted octanol–water partition coefficient (Wildman–Crippen LogP) is 3.44. The zero-order valence-corrected chi connectivity index (χ0v) is 14.6. The second-order valence-electron chi connectivity index (χ2n) is 5.26. The fourth-order valence-electron chi connectivity index (χ4n) is 2.27. The van der Waals surface area contributed by atoms with Gasteiger partial charge in [0.15, 0.2) is 0 Å². The third kappa shape index (κ3) is 5.25. The van der Waals surface area contributed by atoms with Gasteiger partial charge in [-0.2, -0.15) is 0 Å². The molecule has 126 valence electrons. The van der Waals surface area contributed by atoms with Crippen molar-refractivity contribution in [3.63, 3.8) is 0 Å². The van der Waals surface area contributed by atoms with Crippen molar-refractivity contribution < 1.29 is 14.3 Å². The van der Waals surface area contributed by atoms with Crippen LogP contribution in [0.25, 0.3) is 0 Å². The minimum absolute atomic E-state index is 0.0964. The van der Waals surface area contributed by atoms with Gasteiger partial charge in [-0.25, -0.2) is 4.79 Å². The number of hydrogen-bond acceptors (Lipinski definition) is 3. The molecule has 2 aromatic carbocycles. The number of ether oxygens (including phenoxy) is 1. The summed E-state index contributed by atoms with van der Waals surface area (Å²) in [4.78, 5) is 24.2. The van der Waals surface area contributed by atoms with Crippen LogP contribution in [0, 0.1) is 0 Å². The zero-order chi connectivity index (χ0) is 17.5. The van der Waals surface area contributed by atoms with Crippen LogP contribution in [0.4, 0.5) is 0 Å². The van der Waals surface area contributed by atoms with Gasteiger partial charge in [0.1, 0.15) is 6.04 Å². The SMILES string of the molecule is COC(=O)C(Cc1ccccc1)NC(=O)Cc1ccc(Cl)c(Cl)c1. The number of halogens is 2. The molecule has 0 radical (unpaired) electrons. The van der Waals surface area contributed by atoms with Gasteiger partial charge in [0.05, 0.1) is 23.6 Å². The first-order chi connectivity index (χ1) is 11.5. The second-order valence-corrected chi connectivity index (χ2v) is 6.07. The standard InChI is InChI=1S/C18H17Cl2NO3/c1-24-18(23)16(10-12-5-3-2-4-6-12)21-17(22)11-13-7-8-14(19)15(20)9-13/h2-9,16H,10-11H2,1H3,(H,21,22). The van der Waals surface area contributed by atoms with Crippen LogP contribution < -0.4 is 5.32 Å². The molecular weight excluding hydrogens is 349 g/mol. The Labute approximate surface area is 150 Å². The van der Waals surface area contributed by atoms with Gasteiger partial charge in [-0.3, -0.25) is 4.79 Å². The Morgan fingerprint density at radius 3 is 2.38 bits per heavy atom. The minimum atomic E-state index is -0.743. The lowest BCUT2D eigenvalue weighted by atomic mass is 10.1. The highest BCUT2D eigenvalue weighted by molar-refractivity contribution is 6.42. The van der Waals surface area contributed by atoms with Crippen LogP contribution in [-0.2, 0) is 27.2 Å². The Morgan fingerprint density at radius 2 is 1.75 bits per heavy atom. The molecule has 0 saturated carbocycles. The van der Waals surface area contributed by atoms with Crippen LogP contribution in [0.3, 0.4) is 0 Å². The number of esters is 1. The van der Waals surface area contributed by atoms with E-state index in [0.29, 0.717) is 22.0 Å². The van der Waals surface area contributed by atoms with Crippen molar-refractivity contribution in [1.82, 2.24) is 5.32 Å². The van der Waals surface area contributed by atoms with Crippen LogP contribution in [0.1, 0.15) is 11.1 Å². The van der Waals surface area contributed by atoms with Crippen molar-refractivity contribution in [2.75, 3.05) is 7.11 Å². The zero-order valence-electron chi connectivity index (χ0n) is 13.1. The van der Waals surface area contributed by atoms with E-state index in [1.54, 1.807) is 18.2 Å². The Morgan fingerprint density at radius 1 is 1.04 bits per heavy atom. The molecule has 0 aliphatic heterocycles. The van der Waals surface area contributed by atoms with Gasteiger partial charge in [0.25, 0.3) is 0 Å². The number of rotatable bonds is 6. The van der Waals surface area contributed by atoms with E-state index in [9.17, 15) is 9.59 Å². The summed E-state index contributed by atoms with van der Waals surface area (Å²) in [5.74, 6) is -0.777. The Bertz CT molecular complexity index is 719. The molecule has 0 bridgehead atoms. The van der Waals surface area contributed by atoms with E-state index in [4.69, 9.17) is 27.9 Å². The third-order valence-electron chi connectivity index (χ3n) is 3.45. The molecule has 6 heteroatoms. The van der Waals surface area contributed by atoms with Crippen molar-refractivity contribution in [3.05, 3.63) is 69.7 Å². The molecule has 2 aromatic rings. The average Bonchev–Trinajstić information content (AvgIpc) is 2.58. The number of nitrogens with one attached hydrogen (secondary N) is 1. The van der Waals surface area contributed by atoms with Crippen LogP contribution in [0.5, 0.6) is 0 Å². The van der Waals surface area contributed by atoms with Crippen LogP contribution in [0.15, 0.2) is 48.5 Å². The van der Waals surface area contributed by atoms with Gasteiger partial charge in [0, 0.05) is 6.42 Å². The fourth-order valence-corrected chi connectivity index (χ4v) is 2.59. The second kappa shape index (κ2) is 8.71. The van der Waals surface area contributed by atoms with E-state index in [-0.39, 0.29) is 12.3 Å². The quantitative estimate of drug-likeness (QED) is 0.797. The van der Waals surface area contributed by atoms with Crippen molar-refractivity contribution in [3.8, 4) is 0 Å². The number of benzene rings is 2. The van der Waals surface area contributed by atoms with E-state index in [1.807, 2.05) is 30.3 Å². The molecule has 1 atom stereocenters. The largest absolute Gasteiger partial charge is 0.467 e. The maximum absolute atomic E-state index is 12.2. The van der Waals surface area contributed by atoms with E-state index < -0.39 is 12.0 Å². The summed E-state index contributed by atoms with van der Waals surface area (Å²) in [5.41, 5.74) is 1.65. The molecule has 0 saturated heterocycles. The van der Waals surface area contributed by atoms with Gasteiger partial charge < -0.3 is 10.1 Å². The molecule has 0 heterocycles. The van der Waals surface area contributed by atoms with E-state index in [2.05, 4.69) is 5.32 Å². The van der Waals surface area contributed by atoms with Crippen molar-refractivity contribution in [2.24, 2.45) is 0 Å². The maximum Gasteiger partial charge on any atom is 0.328 e. The van der Waals surface area contributed by atoms with E-state index in [0.717, 1.165) is 5.56 Å². The summed E-state index contributed by atoms with van der Waals surface area (Å²) in [6.07, 6.45) is 0.458. The van der Waals surface area contributed by atoms with Crippen molar-refractivity contribution in [2.45, 2.75) is 18.9 Å². The molecule has 0 aliphatic rings. The monoisotopic (exact) mass is 365 g/mol. The number of amides is 1. The maximum atomic E-state index is 12.2. The summed E-state index contributed by atoms with van der Waals surface area (Å²) in [5, 5.41) is 3.52. The summed E-state index contributed by atoms with van der Waals surface area (Å²) >= 11 is 11.8. The molecule has 1 amide bonds. The predicted molar refractivity (Wildman–Crippen MR) is 94.3 cm³/mol. The molecule has 0 aliphatic carbocycles. The van der Waals surface area contributed by atoms with Gasteiger partial charge >= 0.3 is 5.97 Å². The molecule has 1 N–H and O–H groups in total. The lowest BCUT2D eigenvalue weighted by molar-refractivity contribution is -0.145. The fraction of sp³-hybridized carbons (Fsp3) is 0.222. The summed E-state index contributed by atoms with van der Waals surface area (Å²) < 4.78 is 4.78. The van der Waals surface area contributed by atoms with E-state index >= 15 is 0 Å². The number of carbonyl (C=O) groups is 2. The van der Waals surface area contributed by atoms with Crippen molar-refractivity contribution in [1.29, 1.82) is 0 Å². The van der Waals surface area contributed by atoms with Crippen LogP contribution in [0.2, 0.25) is 10.0 Å². The molecule has 2 rings (SSSR count). The van der Waals surface area contributed by atoms with Gasteiger partial charge in [-0.05, 0) is 23.3 Å². The molecule has 4 nitrogen and oxygen atoms in total. The van der Waals surface area contributed by atoms with Gasteiger partial charge in [-0.1, -0.05) is 59.6 Å². The first kappa shape index (κ1) is 18.3. The summed E-state index contributed by atoms with van der Waals surface area (Å²) in [7, 11) is 1.30. The van der Waals surface area contributed by atoms with Crippen LogP contribution >= 0.6 is 23.2 Å². The smallest absolute Gasteiger partial charge is 0.328 e. The lowest BCUT2D eigenvalue weighted by Gasteiger charge is -2.16. The molecule has 1 unspecified atom stereocenters. The number of carbonyl (C=O) groups excluding carboxylic acids is 2. The molecular formula is C18H17Cl2NO3. The normalized spacial score (nSPS) is 11.6. The van der Waals surface area contributed by atoms with E-state index in [1.165, 1.54) is 7.11 Å². The van der Waals surface area contributed by atoms with Crippen LogP contribution in [-0.4, -0.2) is 25.0 Å². The average molecular weight is 366 g/mol. The molecule has 0 spiro atoms. The first-order valence-corrected chi connectivity index (χ1v) is 8.10. The Kier molecular flexibility index (Phi) is 6.64. The highest BCUT2D eigenvalue weighted by Crippen LogP contribution is 2.22. The first-order valence-electron chi connectivity index (χ1n) is 7.34. The topological polar surface area (TPSA) is 55.4 Å². The van der Waals surface area contributed by atoms with Gasteiger partial charge in [-0.15, -0.1) is 0 Å². The Hall–Kier alpha value is -2.04. The third-order valence-corrected chi connectivity index (χ3v) is 4.19. The Balaban J connectivity index is 2.03. The number of methoxy groups -OCH3 is 1. The summed E-state index contributed by atoms with van der Waals surface area (Å²) in [6, 6.07) is 13.7. The molecule has 0 fully saturated rings. The number of hydrogen-bond donors (Lipinski definition) is 1. The van der Waals surface area contributed by atoms with Crippen molar-refractivity contribution >= 4 is 35.1 Å². The highest BCUT2D eigenvalue weighted by atomic mass is 35.5. The molecule has 0 aromatic heterocycles. The minimum Gasteiger partial charge on any atom is -0.467 e. The summed E-state index contributed by atoms with van der Waals surface area (Å²) in [6.45, 7) is 0. The molecule has 24 heavy (non-hydrogen) atoms. The highest BCUT2D eigenvalue weighted by Gasteiger charge is 2.22.